The Morgan fingerprint density at radius 3 is 2.61 bits per heavy atom. The minimum Gasteiger partial charge on any atom is -0.336 e. The molecule has 1 aliphatic carbocycles. The molecule has 3 aliphatic rings. The van der Waals surface area contributed by atoms with E-state index in [4.69, 9.17) is 23.2 Å². The SMILES string of the molecule is Cl.O=C1CC[C@H](C(=O)N2CCSC[C@@H]2CN2CCCC2)c2cc(Cl)c(Cl)cc21. The summed E-state index contributed by atoms with van der Waals surface area (Å²) in [4.78, 5) is 30.4. The lowest BCUT2D eigenvalue weighted by Gasteiger charge is -2.40. The third-order valence-corrected chi connectivity index (χ3v) is 7.72. The molecular formula is C20H25Cl3N2O2S. The maximum Gasteiger partial charge on any atom is 0.230 e. The van der Waals surface area contributed by atoms with E-state index in [1.807, 2.05) is 11.8 Å². The molecule has 0 aromatic heterocycles. The summed E-state index contributed by atoms with van der Waals surface area (Å²) in [5.41, 5.74) is 1.32. The van der Waals surface area contributed by atoms with Crippen LogP contribution in [0.2, 0.25) is 10.0 Å². The van der Waals surface area contributed by atoms with Crippen LogP contribution < -0.4 is 0 Å². The minimum atomic E-state index is -0.295. The summed E-state index contributed by atoms with van der Waals surface area (Å²) in [6, 6.07) is 3.61. The molecule has 4 rings (SSSR count). The third-order valence-electron chi connectivity index (χ3n) is 5.90. The van der Waals surface area contributed by atoms with Gasteiger partial charge >= 0.3 is 0 Å². The Kier molecular flexibility index (Phi) is 7.60. The average Bonchev–Trinajstić information content (AvgIpc) is 3.17. The van der Waals surface area contributed by atoms with E-state index in [0.717, 1.165) is 43.2 Å². The quantitative estimate of drug-likeness (QED) is 0.661. The second-order valence-electron chi connectivity index (χ2n) is 7.64. The van der Waals surface area contributed by atoms with Crippen molar-refractivity contribution in [1.29, 1.82) is 0 Å². The number of nitrogens with zero attached hydrogens (tertiary/aromatic N) is 2. The number of halogens is 3. The van der Waals surface area contributed by atoms with Crippen LogP contribution >= 0.6 is 47.4 Å². The van der Waals surface area contributed by atoms with Crippen molar-refractivity contribution in [2.45, 2.75) is 37.6 Å². The number of ketones is 1. The van der Waals surface area contributed by atoms with Crippen molar-refractivity contribution in [2.75, 3.05) is 37.7 Å². The van der Waals surface area contributed by atoms with Crippen molar-refractivity contribution in [3.05, 3.63) is 33.3 Å². The highest BCUT2D eigenvalue weighted by atomic mass is 35.5. The van der Waals surface area contributed by atoms with Gasteiger partial charge in [0.15, 0.2) is 5.78 Å². The molecule has 2 saturated heterocycles. The van der Waals surface area contributed by atoms with E-state index in [-0.39, 0.29) is 36.1 Å². The summed E-state index contributed by atoms with van der Waals surface area (Å²) in [5, 5.41) is 0.781. The van der Waals surface area contributed by atoms with Gasteiger partial charge in [0.25, 0.3) is 0 Å². The monoisotopic (exact) mass is 462 g/mol. The van der Waals surface area contributed by atoms with E-state index >= 15 is 0 Å². The topological polar surface area (TPSA) is 40.6 Å². The molecular weight excluding hydrogens is 439 g/mol. The Labute approximate surface area is 186 Å². The summed E-state index contributed by atoms with van der Waals surface area (Å²) in [7, 11) is 0. The maximum absolute atomic E-state index is 13.5. The van der Waals surface area contributed by atoms with Crippen LogP contribution in [0.25, 0.3) is 0 Å². The van der Waals surface area contributed by atoms with Crippen molar-refractivity contribution in [3.63, 3.8) is 0 Å². The van der Waals surface area contributed by atoms with Crippen molar-refractivity contribution in [2.24, 2.45) is 0 Å². The van der Waals surface area contributed by atoms with E-state index in [9.17, 15) is 9.59 Å². The van der Waals surface area contributed by atoms with E-state index in [2.05, 4.69) is 9.80 Å². The van der Waals surface area contributed by atoms with Crippen molar-refractivity contribution in [3.8, 4) is 0 Å². The fourth-order valence-electron chi connectivity index (χ4n) is 4.47. The van der Waals surface area contributed by atoms with Crippen LogP contribution in [-0.4, -0.2) is 65.2 Å². The average molecular weight is 464 g/mol. The molecule has 2 heterocycles. The molecule has 1 aromatic rings. The van der Waals surface area contributed by atoms with E-state index < -0.39 is 0 Å². The molecule has 2 aliphatic heterocycles. The van der Waals surface area contributed by atoms with Crippen LogP contribution in [0.15, 0.2) is 12.1 Å². The number of carbonyl (C=O) groups excluding carboxylic acids is 2. The lowest BCUT2D eigenvalue weighted by molar-refractivity contribution is -0.135. The fourth-order valence-corrected chi connectivity index (χ4v) is 5.86. The molecule has 0 saturated carbocycles. The number of rotatable bonds is 3. The Hall–Kier alpha value is -0.460. The second-order valence-corrected chi connectivity index (χ2v) is 9.60. The van der Waals surface area contributed by atoms with Crippen LogP contribution in [-0.2, 0) is 4.79 Å². The zero-order valence-electron chi connectivity index (χ0n) is 15.7. The lowest BCUT2D eigenvalue weighted by atomic mass is 9.81. The Bertz CT molecular complexity index is 755. The molecule has 4 nitrogen and oxygen atoms in total. The lowest BCUT2D eigenvalue weighted by Crippen LogP contribution is -2.52. The third kappa shape index (κ3) is 4.49. The van der Waals surface area contributed by atoms with E-state index in [1.54, 1.807) is 12.1 Å². The standard InChI is InChI=1S/C20H24Cl2N2O2S.ClH/c21-17-9-15-14(3-4-19(25)16(15)10-18(17)22)20(26)24-7-8-27-12-13(24)11-23-5-1-2-6-23;/h9-10,13-14H,1-8,11-12H2;1H/t13-,14-;/m0./s1. The highest BCUT2D eigenvalue weighted by Crippen LogP contribution is 2.38. The number of carbonyl (C=O) groups is 2. The van der Waals surface area contributed by atoms with Gasteiger partial charge in [-0.3, -0.25) is 9.59 Å². The number of thioether (sulfide) groups is 1. The molecule has 0 bridgehead atoms. The van der Waals surface area contributed by atoms with Gasteiger partial charge in [-0.15, -0.1) is 12.4 Å². The molecule has 0 radical (unpaired) electrons. The van der Waals surface area contributed by atoms with E-state index in [1.165, 1.54) is 12.8 Å². The predicted molar refractivity (Wildman–Crippen MR) is 119 cm³/mol. The molecule has 2 fully saturated rings. The number of benzene rings is 1. The summed E-state index contributed by atoms with van der Waals surface area (Å²) < 4.78 is 0. The Morgan fingerprint density at radius 2 is 1.86 bits per heavy atom. The van der Waals surface area contributed by atoms with Crippen LogP contribution in [0, 0.1) is 0 Å². The number of Topliss-reactive ketones (excluding diaryl/α,β-unsaturated/α-hetero) is 1. The first-order chi connectivity index (χ1) is 13.0. The van der Waals surface area contributed by atoms with Gasteiger partial charge in [0.1, 0.15) is 0 Å². The fraction of sp³-hybridized carbons (Fsp3) is 0.600. The zero-order valence-corrected chi connectivity index (χ0v) is 18.8. The number of fused-ring (bicyclic) bond motifs is 1. The first kappa shape index (κ1) is 22.2. The van der Waals surface area contributed by atoms with Crippen molar-refractivity contribution in [1.82, 2.24) is 9.80 Å². The normalized spacial score (nSPS) is 25.4. The molecule has 0 N–H and O–H groups in total. The molecule has 1 amide bonds. The largest absolute Gasteiger partial charge is 0.336 e. The van der Waals surface area contributed by atoms with Crippen molar-refractivity contribution >= 4 is 59.1 Å². The van der Waals surface area contributed by atoms with Gasteiger partial charge in [-0.2, -0.15) is 11.8 Å². The highest BCUT2D eigenvalue weighted by Gasteiger charge is 2.37. The second kappa shape index (κ2) is 9.57. The first-order valence-corrected chi connectivity index (χ1v) is 11.6. The van der Waals surface area contributed by atoms with Gasteiger partial charge in [-0.1, -0.05) is 23.2 Å². The molecule has 0 spiro atoms. The maximum atomic E-state index is 13.5. The Balaban J connectivity index is 0.00000225. The summed E-state index contributed by atoms with van der Waals surface area (Å²) in [6.07, 6.45) is 3.46. The minimum absolute atomic E-state index is 0. The molecule has 0 unspecified atom stereocenters. The summed E-state index contributed by atoms with van der Waals surface area (Å²) in [5.74, 6) is 1.86. The van der Waals surface area contributed by atoms with Gasteiger partial charge in [0.2, 0.25) is 5.91 Å². The van der Waals surface area contributed by atoms with Crippen LogP contribution in [0.1, 0.15) is 47.5 Å². The first-order valence-electron chi connectivity index (χ1n) is 9.67. The van der Waals surface area contributed by atoms with Crippen LogP contribution in [0.4, 0.5) is 0 Å². The van der Waals surface area contributed by atoms with Crippen molar-refractivity contribution < 1.29 is 9.59 Å². The number of hydrogen-bond acceptors (Lipinski definition) is 4. The number of likely N-dealkylation sites (tertiary alicyclic amines) is 1. The molecule has 8 heteroatoms. The number of amides is 1. The Morgan fingerprint density at radius 1 is 1.14 bits per heavy atom. The van der Waals surface area contributed by atoms with Gasteiger partial charge in [0, 0.05) is 36.6 Å². The molecule has 1 aromatic carbocycles. The van der Waals surface area contributed by atoms with Crippen LogP contribution in [0.3, 0.4) is 0 Å². The summed E-state index contributed by atoms with van der Waals surface area (Å²) in [6.45, 7) is 4.01. The van der Waals surface area contributed by atoms with Crippen LogP contribution in [0.5, 0.6) is 0 Å². The van der Waals surface area contributed by atoms with E-state index in [0.29, 0.717) is 28.5 Å². The molecule has 2 atom stereocenters. The molecule has 154 valence electrons. The smallest absolute Gasteiger partial charge is 0.230 e. The summed E-state index contributed by atoms with van der Waals surface area (Å²) >= 11 is 14.3. The van der Waals surface area contributed by atoms with Gasteiger partial charge in [-0.05, 0) is 50.0 Å². The molecule has 28 heavy (non-hydrogen) atoms. The van der Waals surface area contributed by atoms with Gasteiger partial charge < -0.3 is 9.80 Å². The number of hydrogen-bond donors (Lipinski definition) is 0. The highest BCUT2D eigenvalue weighted by molar-refractivity contribution is 7.99. The van der Waals surface area contributed by atoms with Gasteiger partial charge in [0.05, 0.1) is 22.0 Å². The predicted octanol–water partition coefficient (Wildman–Crippen LogP) is 4.52. The van der Waals surface area contributed by atoms with Gasteiger partial charge in [-0.25, -0.2) is 0 Å². The zero-order chi connectivity index (χ0) is 19.0.